The summed E-state index contributed by atoms with van der Waals surface area (Å²) in [5.74, 6) is -1.63. The Kier molecular flexibility index (Phi) is 8.45. The molecule has 0 aromatic carbocycles. The second kappa shape index (κ2) is 11.2. The summed E-state index contributed by atoms with van der Waals surface area (Å²) in [5, 5.41) is 14.2. The summed E-state index contributed by atoms with van der Waals surface area (Å²) in [7, 11) is 0. The van der Waals surface area contributed by atoms with Gasteiger partial charge in [0.15, 0.2) is 5.82 Å². The number of allylic oxidation sites excluding steroid dienone is 3. The van der Waals surface area contributed by atoms with Gasteiger partial charge in [-0.15, -0.1) is 0 Å². The van der Waals surface area contributed by atoms with Crippen molar-refractivity contribution in [3.8, 4) is 5.75 Å². The molecule has 3 rings (SSSR count). The van der Waals surface area contributed by atoms with E-state index < -0.39 is 22.8 Å². The molecule has 0 aliphatic heterocycles. The van der Waals surface area contributed by atoms with Gasteiger partial charge in [-0.1, -0.05) is 18.2 Å². The van der Waals surface area contributed by atoms with Crippen LogP contribution in [0.2, 0.25) is 5.02 Å². The molecule has 37 heavy (non-hydrogen) atoms. The Balaban J connectivity index is 1.89. The molecule has 0 unspecified atom stereocenters. The predicted molar refractivity (Wildman–Crippen MR) is 139 cm³/mol. The van der Waals surface area contributed by atoms with E-state index in [1.165, 1.54) is 4.57 Å². The lowest BCUT2D eigenvalue weighted by Gasteiger charge is -2.18. The molecule has 0 fully saturated rings. The van der Waals surface area contributed by atoms with Gasteiger partial charge in [0, 0.05) is 30.2 Å². The van der Waals surface area contributed by atoms with Gasteiger partial charge >= 0.3 is 0 Å². The van der Waals surface area contributed by atoms with Crippen LogP contribution >= 0.6 is 11.6 Å². The quantitative estimate of drug-likeness (QED) is 0.309. The van der Waals surface area contributed by atoms with Crippen LogP contribution in [0, 0.1) is 18.6 Å². The maximum absolute atomic E-state index is 13.9. The van der Waals surface area contributed by atoms with Crippen LogP contribution in [0.25, 0.3) is 5.70 Å². The average molecular weight is 532 g/mol. The molecule has 0 atom stereocenters. The Morgan fingerprint density at radius 3 is 2.62 bits per heavy atom. The van der Waals surface area contributed by atoms with E-state index in [1.54, 1.807) is 63.8 Å². The highest BCUT2D eigenvalue weighted by molar-refractivity contribution is 6.31. The third-order valence-electron chi connectivity index (χ3n) is 5.33. The number of rotatable bonds is 9. The first kappa shape index (κ1) is 27.9. The molecule has 11 heteroatoms. The fraction of sp³-hybridized carbons (Fsp3) is 0.308. The van der Waals surface area contributed by atoms with E-state index >= 15 is 0 Å². The monoisotopic (exact) mass is 531 g/mol. The summed E-state index contributed by atoms with van der Waals surface area (Å²) >= 11 is 6.33. The van der Waals surface area contributed by atoms with E-state index in [4.69, 9.17) is 16.3 Å². The van der Waals surface area contributed by atoms with Crippen molar-refractivity contribution in [3.63, 3.8) is 0 Å². The van der Waals surface area contributed by atoms with Gasteiger partial charge in [-0.2, -0.15) is 5.10 Å². The summed E-state index contributed by atoms with van der Waals surface area (Å²) in [4.78, 5) is 21.3. The minimum absolute atomic E-state index is 0.0413. The molecule has 3 heterocycles. The smallest absolute Gasteiger partial charge is 0.277 e. The zero-order valence-corrected chi connectivity index (χ0v) is 22.0. The number of aliphatic imine (C=N–C) groups is 1. The predicted octanol–water partition coefficient (Wildman–Crippen LogP) is 5.02. The normalized spacial score (nSPS) is 12.7. The molecule has 3 aromatic heterocycles. The second-order valence-electron chi connectivity index (χ2n) is 9.04. The second-order valence-corrected chi connectivity index (χ2v) is 9.42. The van der Waals surface area contributed by atoms with Crippen molar-refractivity contribution in [1.82, 2.24) is 19.3 Å². The summed E-state index contributed by atoms with van der Waals surface area (Å²) in [5.41, 5.74) is 1.02. The minimum Gasteiger partial charge on any atom is -0.485 e. The maximum atomic E-state index is 13.9. The Morgan fingerprint density at radius 2 is 2.03 bits per heavy atom. The summed E-state index contributed by atoms with van der Waals surface area (Å²) in [6, 6.07) is 3.95. The van der Waals surface area contributed by atoms with E-state index in [9.17, 15) is 18.7 Å². The zero-order valence-electron chi connectivity index (χ0n) is 21.2. The van der Waals surface area contributed by atoms with Crippen LogP contribution < -0.4 is 10.3 Å². The van der Waals surface area contributed by atoms with Crippen molar-refractivity contribution in [2.45, 2.75) is 53.5 Å². The lowest BCUT2D eigenvalue weighted by molar-refractivity contribution is 0.0730. The third-order valence-corrected chi connectivity index (χ3v) is 5.68. The van der Waals surface area contributed by atoms with Crippen LogP contribution in [0.5, 0.6) is 5.75 Å². The van der Waals surface area contributed by atoms with E-state index in [-0.39, 0.29) is 29.7 Å². The summed E-state index contributed by atoms with van der Waals surface area (Å²) in [6.07, 6.45) is 4.19. The van der Waals surface area contributed by atoms with Crippen molar-refractivity contribution in [3.05, 3.63) is 92.4 Å². The van der Waals surface area contributed by atoms with Crippen LogP contribution in [-0.4, -0.2) is 30.7 Å². The van der Waals surface area contributed by atoms with Crippen molar-refractivity contribution in [2.24, 2.45) is 4.99 Å². The van der Waals surface area contributed by atoms with Gasteiger partial charge in [-0.3, -0.25) is 24.0 Å². The molecule has 1 N–H and O–H groups in total. The molecule has 0 aliphatic rings. The molecule has 0 saturated carbocycles. The van der Waals surface area contributed by atoms with E-state index in [2.05, 4.69) is 21.7 Å². The highest BCUT2D eigenvalue weighted by Crippen LogP contribution is 2.27. The minimum atomic E-state index is -1.06. The van der Waals surface area contributed by atoms with Crippen molar-refractivity contribution >= 4 is 23.5 Å². The van der Waals surface area contributed by atoms with Gasteiger partial charge in [0.1, 0.15) is 41.2 Å². The molecule has 0 radical (unpaired) electrons. The van der Waals surface area contributed by atoms with Crippen LogP contribution in [0.4, 0.5) is 8.78 Å². The molecule has 3 aromatic rings. The first-order valence-electron chi connectivity index (χ1n) is 11.3. The van der Waals surface area contributed by atoms with E-state index in [0.29, 0.717) is 34.3 Å². The number of pyridine rings is 2. The highest BCUT2D eigenvalue weighted by Gasteiger charge is 2.19. The lowest BCUT2D eigenvalue weighted by Crippen LogP contribution is -2.24. The lowest BCUT2D eigenvalue weighted by atomic mass is 10.1. The van der Waals surface area contributed by atoms with Gasteiger partial charge in [0.05, 0.1) is 17.6 Å². The van der Waals surface area contributed by atoms with Gasteiger partial charge in [0.25, 0.3) is 5.56 Å². The number of halogens is 3. The molecular weight excluding hydrogens is 504 g/mol. The van der Waals surface area contributed by atoms with E-state index in [1.807, 2.05) is 0 Å². The topological polar surface area (TPSA) is 94.5 Å². The molecule has 0 saturated heterocycles. The Labute approximate surface area is 218 Å². The fourth-order valence-corrected chi connectivity index (χ4v) is 3.75. The van der Waals surface area contributed by atoms with Crippen LogP contribution in [0.3, 0.4) is 0 Å². The SMILES string of the molecule is C=C(C)/C(=C(/C)C=NCn1ccc(C(C)(C)O)n1)n1c(C)cc(OCc2ncc(F)cc2F)c(Cl)c1=O. The first-order valence-corrected chi connectivity index (χ1v) is 11.7. The average Bonchev–Trinajstić information content (AvgIpc) is 3.28. The maximum Gasteiger partial charge on any atom is 0.277 e. The number of hydrogen-bond acceptors (Lipinski definition) is 6. The van der Waals surface area contributed by atoms with Gasteiger partial charge in [0.2, 0.25) is 0 Å². The summed E-state index contributed by atoms with van der Waals surface area (Å²) in [6.45, 7) is 12.4. The third kappa shape index (κ3) is 6.58. The Morgan fingerprint density at radius 1 is 1.32 bits per heavy atom. The summed E-state index contributed by atoms with van der Waals surface area (Å²) < 4.78 is 35.5. The number of ether oxygens (including phenoxy) is 1. The number of hydrogen-bond donors (Lipinski definition) is 1. The number of aromatic nitrogens is 4. The van der Waals surface area contributed by atoms with Gasteiger partial charge in [-0.05, 0) is 51.8 Å². The molecule has 0 spiro atoms. The molecule has 0 bridgehead atoms. The molecule has 0 amide bonds. The van der Waals surface area contributed by atoms with Crippen LogP contribution in [0.15, 0.2) is 58.1 Å². The largest absolute Gasteiger partial charge is 0.485 e. The number of aliphatic hydroxyl groups is 1. The number of aryl methyl sites for hydroxylation is 1. The van der Waals surface area contributed by atoms with Crippen LogP contribution in [-0.2, 0) is 18.9 Å². The standard InChI is InChI=1S/C26H28ClF2N5O3/c1-15(2)24(16(3)11-30-14-33-8-7-22(32-33)26(5,6)36)34-17(4)9-21(23(27)25(34)35)37-13-20-19(29)10-18(28)12-31-20/h7-12,36H,1,13-14H2,2-6H3/b24-16+,30-11?. The Hall–Kier alpha value is -3.63. The van der Waals surface area contributed by atoms with E-state index in [0.717, 1.165) is 6.20 Å². The van der Waals surface area contributed by atoms with Crippen LogP contribution in [0.1, 0.15) is 44.8 Å². The number of nitrogens with zero attached hydrogens (tertiary/aromatic N) is 5. The van der Waals surface area contributed by atoms with Gasteiger partial charge < -0.3 is 9.84 Å². The zero-order chi connectivity index (χ0) is 27.5. The molecular formula is C26H28ClF2N5O3. The first-order chi connectivity index (χ1) is 17.3. The molecule has 0 aliphatic carbocycles. The van der Waals surface area contributed by atoms with Crippen molar-refractivity contribution in [1.29, 1.82) is 0 Å². The molecule has 196 valence electrons. The van der Waals surface area contributed by atoms with Gasteiger partial charge in [-0.25, -0.2) is 8.78 Å². The van der Waals surface area contributed by atoms with Crippen molar-refractivity contribution < 1.29 is 18.6 Å². The molecule has 8 nitrogen and oxygen atoms in total. The Bertz CT molecular complexity index is 1450. The highest BCUT2D eigenvalue weighted by atomic mass is 35.5. The fourth-order valence-electron chi connectivity index (χ4n) is 3.55. The van der Waals surface area contributed by atoms with Crippen molar-refractivity contribution in [2.75, 3.05) is 0 Å².